The number of nitrogens with zero attached hydrogens (tertiary/aromatic N) is 1. The summed E-state index contributed by atoms with van der Waals surface area (Å²) in [5.41, 5.74) is 0. The molecule has 3 fully saturated rings. The van der Waals surface area contributed by atoms with Gasteiger partial charge in [-0.05, 0) is 37.5 Å². The predicted octanol–water partition coefficient (Wildman–Crippen LogP) is 1.82. The van der Waals surface area contributed by atoms with Crippen molar-refractivity contribution in [2.75, 3.05) is 0 Å². The molecule has 5 unspecified atom stereocenters. The fourth-order valence-corrected chi connectivity index (χ4v) is 3.73. The van der Waals surface area contributed by atoms with Gasteiger partial charge >= 0.3 is 12.0 Å². The average Bonchev–Trinajstić information content (AvgIpc) is 2.93. The van der Waals surface area contributed by atoms with Gasteiger partial charge in [-0.25, -0.2) is 9.59 Å². The summed E-state index contributed by atoms with van der Waals surface area (Å²) in [7, 11) is 0. The van der Waals surface area contributed by atoms with E-state index < -0.39 is 12.0 Å². The summed E-state index contributed by atoms with van der Waals surface area (Å²) in [6.07, 6.45) is 5.96. The zero-order chi connectivity index (χ0) is 13.6. The number of carbonyl (C=O) groups excluding carboxylic acids is 1. The first-order chi connectivity index (χ1) is 9.08. The van der Waals surface area contributed by atoms with E-state index in [1.807, 2.05) is 0 Å². The summed E-state index contributed by atoms with van der Waals surface area (Å²) in [5, 5.41) is 12.3. The zero-order valence-corrected chi connectivity index (χ0v) is 11.3. The standard InChI is InChI=1S/C14H22N2O3/c1-8-6-10(8)15-14(19)16-11-5-3-2-4-9(11)7-12(16)13(17)18/h8-12H,2-7H2,1H3,(H,15,19)(H,17,18). The van der Waals surface area contributed by atoms with Gasteiger partial charge in [-0.3, -0.25) is 0 Å². The molecule has 2 N–H and O–H groups in total. The number of nitrogens with one attached hydrogen (secondary N) is 1. The van der Waals surface area contributed by atoms with E-state index in [0.29, 0.717) is 18.3 Å². The van der Waals surface area contributed by atoms with E-state index >= 15 is 0 Å². The number of carboxylic acid groups (broad SMARTS) is 1. The summed E-state index contributed by atoms with van der Waals surface area (Å²) in [6.45, 7) is 2.10. The van der Waals surface area contributed by atoms with Crippen LogP contribution in [0, 0.1) is 11.8 Å². The fourth-order valence-electron chi connectivity index (χ4n) is 3.73. The Morgan fingerprint density at radius 3 is 2.53 bits per heavy atom. The number of aliphatic carboxylic acids is 1. The number of fused-ring (bicyclic) bond motifs is 1. The minimum absolute atomic E-state index is 0.143. The largest absolute Gasteiger partial charge is 0.480 e. The topological polar surface area (TPSA) is 69.6 Å². The van der Waals surface area contributed by atoms with Crippen molar-refractivity contribution in [2.24, 2.45) is 11.8 Å². The molecule has 3 aliphatic rings. The Balaban J connectivity index is 1.74. The van der Waals surface area contributed by atoms with Crippen LogP contribution in [0.15, 0.2) is 0 Å². The van der Waals surface area contributed by atoms with Gasteiger partial charge in [-0.2, -0.15) is 0 Å². The highest BCUT2D eigenvalue weighted by Crippen LogP contribution is 2.40. The minimum Gasteiger partial charge on any atom is -0.480 e. The molecule has 2 amide bonds. The van der Waals surface area contributed by atoms with Gasteiger partial charge in [0, 0.05) is 12.1 Å². The lowest BCUT2D eigenvalue weighted by molar-refractivity contribution is -0.141. The van der Waals surface area contributed by atoms with E-state index in [1.54, 1.807) is 4.90 Å². The third-order valence-corrected chi connectivity index (χ3v) is 5.03. The maximum atomic E-state index is 12.4. The molecule has 0 bridgehead atoms. The Hall–Kier alpha value is -1.26. The number of amides is 2. The van der Waals surface area contributed by atoms with Gasteiger partial charge in [0.15, 0.2) is 0 Å². The number of rotatable bonds is 2. The number of hydrogen-bond donors (Lipinski definition) is 2. The number of carbonyl (C=O) groups is 2. The SMILES string of the molecule is CC1CC1NC(=O)N1C(C(=O)O)CC2CCCCC21. The average molecular weight is 266 g/mol. The Morgan fingerprint density at radius 1 is 1.21 bits per heavy atom. The van der Waals surface area contributed by atoms with Gasteiger partial charge in [0.25, 0.3) is 0 Å². The van der Waals surface area contributed by atoms with Crippen LogP contribution < -0.4 is 5.32 Å². The summed E-state index contributed by atoms with van der Waals surface area (Å²) in [6, 6.07) is -0.383. The van der Waals surface area contributed by atoms with E-state index in [9.17, 15) is 14.7 Å². The second kappa shape index (κ2) is 4.69. The van der Waals surface area contributed by atoms with Crippen molar-refractivity contribution in [1.29, 1.82) is 0 Å². The van der Waals surface area contributed by atoms with Gasteiger partial charge in [0.2, 0.25) is 0 Å². The van der Waals surface area contributed by atoms with Crippen LogP contribution in [0.1, 0.15) is 45.4 Å². The minimum atomic E-state index is -0.853. The molecule has 0 aromatic rings. The summed E-state index contributed by atoms with van der Waals surface area (Å²) in [4.78, 5) is 25.4. The first-order valence-electron chi connectivity index (χ1n) is 7.39. The van der Waals surface area contributed by atoms with Crippen molar-refractivity contribution in [3.8, 4) is 0 Å². The molecule has 5 atom stereocenters. The quantitative estimate of drug-likeness (QED) is 0.801. The van der Waals surface area contributed by atoms with Crippen molar-refractivity contribution < 1.29 is 14.7 Å². The van der Waals surface area contributed by atoms with Crippen LogP contribution in [-0.4, -0.2) is 40.1 Å². The first kappa shape index (κ1) is 12.8. The Morgan fingerprint density at radius 2 is 1.89 bits per heavy atom. The molecule has 1 aliphatic heterocycles. The van der Waals surface area contributed by atoms with Gasteiger partial charge in [-0.1, -0.05) is 19.8 Å². The predicted molar refractivity (Wildman–Crippen MR) is 69.7 cm³/mol. The van der Waals surface area contributed by atoms with Crippen molar-refractivity contribution in [2.45, 2.75) is 63.6 Å². The summed E-state index contributed by atoms with van der Waals surface area (Å²) in [5.74, 6) is 0.0719. The third-order valence-electron chi connectivity index (χ3n) is 5.03. The van der Waals surface area contributed by atoms with Crippen LogP contribution in [0.5, 0.6) is 0 Å². The molecule has 19 heavy (non-hydrogen) atoms. The first-order valence-corrected chi connectivity index (χ1v) is 7.39. The molecule has 1 saturated heterocycles. The second-order valence-electron chi connectivity index (χ2n) is 6.38. The Kier molecular flexibility index (Phi) is 3.15. The van der Waals surface area contributed by atoms with E-state index in [4.69, 9.17) is 0 Å². The molecule has 3 rings (SSSR count). The Labute approximate surface area is 113 Å². The van der Waals surface area contributed by atoms with E-state index in [2.05, 4.69) is 12.2 Å². The highest BCUT2D eigenvalue weighted by atomic mass is 16.4. The summed E-state index contributed by atoms with van der Waals surface area (Å²) >= 11 is 0. The van der Waals surface area contributed by atoms with E-state index in [0.717, 1.165) is 25.7 Å². The lowest BCUT2D eigenvalue weighted by Gasteiger charge is -2.33. The van der Waals surface area contributed by atoms with Crippen LogP contribution in [0.3, 0.4) is 0 Å². The van der Waals surface area contributed by atoms with Crippen molar-refractivity contribution in [3.63, 3.8) is 0 Å². The Bertz CT molecular complexity index is 398. The molecule has 0 aromatic carbocycles. The number of hydrogen-bond acceptors (Lipinski definition) is 2. The van der Waals surface area contributed by atoms with Gasteiger partial charge in [-0.15, -0.1) is 0 Å². The maximum absolute atomic E-state index is 12.4. The smallest absolute Gasteiger partial charge is 0.326 e. The molecule has 1 heterocycles. The molecule has 2 saturated carbocycles. The lowest BCUT2D eigenvalue weighted by atomic mass is 9.85. The van der Waals surface area contributed by atoms with Crippen molar-refractivity contribution >= 4 is 12.0 Å². The van der Waals surface area contributed by atoms with Crippen LogP contribution in [0.4, 0.5) is 4.79 Å². The molecular formula is C14H22N2O3. The van der Waals surface area contributed by atoms with E-state index in [-0.39, 0.29) is 18.1 Å². The molecule has 106 valence electrons. The highest BCUT2D eigenvalue weighted by Gasteiger charge is 2.48. The summed E-state index contributed by atoms with van der Waals surface area (Å²) < 4.78 is 0. The molecule has 0 aromatic heterocycles. The second-order valence-corrected chi connectivity index (χ2v) is 6.38. The van der Waals surface area contributed by atoms with Gasteiger partial charge in [0.05, 0.1) is 0 Å². The molecule has 2 aliphatic carbocycles. The molecule has 5 nitrogen and oxygen atoms in total. The van der Waals surface area contributed by atoms with Gasteiger partial charge in [0.1, 0.15) is 6.04 Å². The number of likely N-dealkylation sites (tertiary alicyclic amines) is 1. The number of urea groups is 1. The lowest BCUT2D eigenvalue weighted by Crippen LogP contribution is -2.51. The zero-order valence-electron chi connectivity index (χ0n) is 11.3. The van der Waals surface area contributed by atoms with Crippen LogP contribution in [-0.2, 0) is 4.79 Å². The van der Waals surface area contributed by atoms with Crippen LogP contribution in [0.25, 0.3) is 0 Å². The maximum Gasteiger partial charge on any atom is 0.326 e. The van der Waals surface area contributed by atoms with Crippen molar-refractivity contribution in [3.05, 3.63) is 0 Å². The van der Waals surface area contributed by atoms with Crippen molar-refractivity contribution in [1.82, 2.24) is 10.2 Å². The molecule has 5 heteroatoms. The van der Waals surface area contributed by atoms with Crippen LogP contribution >= 0.6 is 0 Å². The fraction of sp³-hybridized carbons (Fsp3) is 0.857. The van der Waals surface area contributed by atoms with Gasteiger partial charge < -0.3 is 15.3 Å². The molecule has 0 spiro atoms. The molecular weight excluding hydrogens is 244 g/mol. The van der Waals surface area contributed by atoms with E-state index in [1.165, 1.54) is 6.42 Å². The normalized spacial score (nSPS) is 40.7. The number of carboxylic acids is 1. The molecule has 0 radical (unpaired) electrons. The van der Waals surface area contributed by atoms with Crippen LogP contribution in [0.2, 0.25) is 0 Å². The highest BCUT2D eigenvalue weighted by molar-refractivity contribution is 5.84. The third kappa shape index (κ3) is 2.30. The monoisotopic (exact) mass is 266 g/mol.